The Kier molecular flexibility index (Phi) is 5.95. The lowest BCUT2D eigenvalue weighted by Crippen LogP contribution is -2.36. The third-order valence-electron chi connectivity index (χ3n) is 2.90. The summed E-state index contributed by atoms with van der Waals surface area (Å²) in [5.74, 6) is 0.164. The van der Waals surface area contributed by atoms with Gasteiger partial charge in [0.2, 0.25) is 5.91 Å². The van der Waals surface area contributed by atoms with E-state index in [1.807, 2.05) is 13.8 Å². The van der Waals surface area contributed by atoms with Gasteiger partial charge in [0.05, 0.1) is 6.54 Å². The van der Waals surface area contributed by atoms with Crippen LogP contribution in [0.25, 0.3) is 0 Å². The van der Waals surface area contributed by atoms with Gasteiger partial charge in [0.15, 0.2) is 0 Å². The summed E-state index contributed by atoms with van der Waals surface area (Å²) in [4.78, 5) is 13.4. The topological polar surface area (TPSA) is 55.6 Å². The van der Waals surface area contributed by atoms with Crippen LogP contribution in [0.1, 0.15) is 26.7 Å². The number of halogens is 1. The SMILES string of the molecule is CN(CCOc1cccc(F)c1)C(=O)CCC(C)(C)N. The third kappa shape index (κ3) is 6.52. The number of likely N-dealkylation sites (N-methyl/N-ethyl adjacent to an activating group) is 1. The van der Waals surface area contributed by atoms with Crippen molar-refractivity contribution in [2.45, 2.75) is 32.2 Å². The van der Waals surface area contributed by atoms with Crippen molar-refractivity contribution in [2.24, 2.45) is 5.73 Å². The van der Waals surface area contributed by atoms with E-state index < -0.39 is 0 Å². The largest absolute Gasteiger partial charge is 0.492 e. The Balaban J connectivity index is 2.29. The van der Waals surface area contributed by atoms with Gasteiger partial charge in [-0.25, -0.2) is 4.39 Å². The number of carbonyl (C=O) groups excluding carboxylic acids is 1. The van der Waals surface area contributed by atoms with Crippen LogP contribution < -0.4 is 10.5 Å². The van der Waals surface area contributed by atoms with Gasteiger partial charge in [-0.3, -0.25) is 4.79 Å². The molecular weight excluding hydrogens is 259 g/mol. The van der Waals surface area contributed by atoms with Gasteiger partial charge < -0.3 is 15.4 Å². The molecule has 2 N–H and O–H groups in total. The number of hydrogen-bond acceptors (Lipinski definition) is 3. The van der Waals surface area contributed by atoms with E-state index >= 15 is 0 Å². The first-order chi connectivity index (χ1) is 9.28. The molecule has 0 saturated heterocycles. The van der Waals surface area contributed by atoms with E-state index in [9.17, 15) is 9.18 Å². The quantitative estimate of drug-likeness (QED) is 0.834. The number of carbonyl (C=O) groups is 1. The van der Waals surface area contributed by atoms with Crippen LogP contribution in [-0.2, 0) is 4.79 Å². The monoisotopic (exact) mass is 282 g/mol. The predicted molar refractivity (Wildman–Crippen MR) is 77.0 cm³/mol. The Morgan fingerprint density at radius 1 is 1.45 bits per heavy atom. The van der Waals surface area contributed by atoms with Gasteiger partial charge in [-0.05, 0) is 32.4 Å². The summed E-state index contributed by atoms with van der Waals surface area (Å²) in [5.41, 5.74) is 5.50. The maximum absolute atomic E-state index is 12.9. The number of hydrogen-bond donors (Lipinski definition) is 1. The van der Waals surface area contributed by atoms with Crippen molar-refractivity contribution in [1.82, 2.24) is 4.90 Å². The molecule has 0 unspecified atom stereocenters. The zero-order chi connectivity index (χ0) is 15.2. The second kappa shape index (κ2) is 7.24. The lowest BCUT2D eigenvalue weighted by atomic mass is 10.00. The molecule has 0 aliphatic heterocycles. The molecular formula is C15H23FN2O2. The standard InChI is InChI=1S/C15H23FN2O2/c1-15(2,17)8-7-14(19)18(3)9-10-20-13-6-4-5-12(16)11-13/h4-6,11H,7-10,17H2,1-3H3. The number of nitrogens with two attached hydrogens (primary N) is 1. The van der Waals surface area contributed by atoms with Crippen LogP contribution >= 0.6 is 0 Å². The summed E-state index contributed by atoms with van der Waals surface area (Å²) in [7, 11) is 1.72. The van der Waals surface area contributed by atoms with Gasteiger partial charge in [-0.2, -0.15) is 0 Å². The van der Waals surface area contributed by atoms with Crippen molar-refractivity contribution in [1.29, 1.82) is 0 Å². The molecule has 0 aliphatic carbocycles. The second-order valence-corrected chi connectivity index (χ2v) is 5.61. The highest BCUT2D eigenvalue weighted by Gasteiger charge is 2.15. The van der Waals surface area contributed by atoms with Crippen LogP contribution in [0.3, 0.4) is 0 Å². The average molecular weight is 282 g/mol. The predicted octanol–water partition coefficient (Wildman–Crippen LogP) is 2.18. The minimum atomic E-state index is -0.339. The zero-order valence-electron chi connectivity index (χ0n) is 12.4. The number of rotatable bonds is 7. The van der Waals surface area contributed by atoms with Gasteiger partial charge in [0.25, 0.3) is 0 Å². The summed E-state index contributed by atoms with van der Waals surface area (Å²) >= 11 is 0. The van der Waals surface area contributed by atoms with E-state index in [1.165, 1.54) is 12.1 Å². The molecule has 1 amide bonds. The van der Waals surface area contributed by atoms with E-state index in [1.54, 1.807) is 24.1 Å². The van der Waals surface area contributed by atoms with E-state index in [2.05, 4.69) is 0 Å². The number of nitrogens with zero attached hydrogens (tertiary/aromatic N) is 1. The van der Waals surface area contributed by atoms with Crippen LogP contribution in [0.2, 0.25) is 0 Å². The molecule has 5 heteroatoms. The first kappa shape index (κ1) is 16.4. The Labute approximate surface area is 119 Å². The van der Waals surface area contributed by atoms with E-state index in [4.69, 9.17) is 10.5 Å². The van der Waals surface area contributed by atoms with Gasteiger partial charge in [-0.15, -0.1) is 0 Å². The summed E-state index contributed by atoms with van der Waals surface area (Å²) < 4.78 is 18.3. The van der Waals surface area contributed by atoms with Crippen LogP contribution in [0.15, 0.2) is 24.3 Å². The fourth-order valence-electron chi connectivity index (χ4n) is 1.60. The van der Waals surface area contributed by atoms with Crippen LogP contribution in [0, 0.1) is 5.82 Å². The highest BCUT2D eigenvalue weighted by atomic mass is 19.1. The minimum absolute atomic E-state index is 0.0337. The molecule has 0 aliphatic rings. The molecule has 1 rings (SSSR count). The molecule has 0 spiro atoms. The van der Waals surface area contributed by atoms with Crippen molar-refractivity contribution < 1.29 is 13.9 Å². The van der Waals surface area contributed by atoms with Gasteiger partial charge in [0.1, 0.15) is 18.2 Å². The van der Waals surface area contributed by atoms with Crippen LogP contribution in [0.5, 0.6) is 5.75 Å². The summed E-state index contributed by atoms with van der Waals surface area (Å²) in [5, 5.41) is 0. The smallest absolute Gasteiger partial charge is 0.222 e. The normalized spacial score (nSPS) is 11.2. The number of benzene rings is 1. The van der Waals surface area contributed by atoms with Gasteiger partial charge >= 0.3 is 0 Å². The van der Waals surface area contributed by atoms with E-state index in [0.717, 1.165) is 0 Å². The van der Waals surface area contributed by atoms with Gasteiger partial charge in [0, 0.05) is 25.1 Å². The maximum atomic E-state index is 12.9. The Hall–Kier alpha value is -1.62. The lowest BCUT2D eigenvalue weighted by molar-refractivity contribution is -0.130. The van der Waals surface area contributed by atoms with Crippen LogP contribution in [0.4, 0.5) is 4.39 Å². The summed E-state index contributed by atoms with van der Waals surface area (Å²) in [6.45, 7) is 4.58. The van der Waals surface area contributed by atoms with Crippen molar-refractivity contribution in [3.05, 3.63) is 30.1 Å². The Morgan fingerprint density at radius 2 is 2.15 bits per heavy atom. The molecule has 0 atom stereocenters. The summed E-state index contributed by atoms with van der Waals surface area (Å²) in [6.07, 6.45) is 1.06. The number of ether oxygens (including phenoxy) is 1. The fourth-order valence-corrected chi connectivity index (χ4v) is 1.60. The molecule has 0 heterocycles. The zero-order valence-corrected chi connectivity index (χ0v) is 12.4. The molecule has 112 valence electrons. The van der Waals surface area contributed by atoms with E-state index in [-0.39, 0.29) is 17.3 Å². The molecule has 0 bridgehead atoms. The molecule has 0 radical (unpaired) electrons. The van der Waals surface area contributed by atoms with Gasteiger partial charge in [-0.1, -0.05) is 6.07 Å². The molecule has 1 aromatic carbocycles. The lowest BCUT2D eigenvalue weighted by Gasteiger charge is -2.21. The second-order valence-electron chi connectivity index (χ2n) is 5.61. The number of amides is 1. The van der Waals surface area contributed by atoms with Crippen LogP contribution in [-0.4, -0.2) is 36.5 Å². The van der Waals surface area contributed by atoms with Crippen molar-refractivity contribution >= 4 is 5.91 Å². The molecule has 0 aromatic heterocycles. The highest BCUT2D eigenvalue weighted by Crippen LogP contribution is 2.12. The highest BCUT2D eigenvalue weighted by molar-refractivity contribution is 5.75. The first-order valence-electron chi connectivity index (χ1n) is 6.69. The van der Waals surface area contributed by atoms with Crippen molar-refractivity contribution in [3.63, 3.8) is 0 Å². The maximum Gasteiger partial charge on any atom is 0.222 e. The van der Waals surface area contributed by atoms with E-state index in [0.29, 0.717) is 31.7 Å². The minimum Gasteiger partial charge on any atom is -0.492 e. The molecule has 0 saturated carbocycles. The molecule has 4 nitrogen and oxygen atoms in total. The van der Waals surface area contributed by atoms with Crippen molar-refractivity contribution in [2.75, 3.05) is 20.2 Å². The third-order valence-corrected chi connectivity index (χ3v) is 2.90. The average Bonchev–Trinajstić information content (AvgIpc) is 2.35. The fraction of sp³-hybridized carbons (Fsp3) is 0.533. The van der Waals surface area contributed by atoms with Crippen molar-refractivity contribution in [3.8, 4) is 5.75 Å². The Bertz CT molecular complexity index is 444. The molecule has 1 aromatic rings. The molecule has 20 heavy (non-hydrogen) atoms. The first-order valence-corrected chi connectivity index (χ1v) is 6.69. The molecule has 0 fully saturated rings. The Morgan fingerprint density at radius 3 is 2.75 bits per heavy atom. The summed E-state index contributed by atoms with van der Waals surface area (Å²) in [6, 6.07) is 5.94.